The topological polar surface area (TPSA) is 62.3 Å². The van der Waals surface area contributed by atoms with Gasteiger partial charge in [0, 0.05) is 26.3 Å². The Kier molecular flexibility index (Phi) is 3.77. The molecule has 1 aliphatic rings. The predicted molar refractivity (Wildman–Crippen MR) is 76.0 cm³/mol. The molecule has 1 aromatic heterocycles. The molecule has 2 heterocycles. The number of anilines is 1. The fourth-order valence-corrected chi connectivity index (χ4v) is 4.09. The lowest BCUT2D eigenvalue weighted by molar-refractivity contribution is 0.375. The Morgan fingerprint density at radius 1 is 1.47 bits per heavy atom. The van der Waals surface area contributed by atoms with Crippen LogP contribution >= 0.6 is 11.6 Å². The molecule has 1 saturated heterocycles. The molecular formula is C12H18ClN3O2S. The molecule has 0 spiro atoms. The summed E-state index contributed by atoms with van der Waals surface area (Å²) in [6, 6.07) is 1.45. The summed E-state index contributed by atoms with van der Waals surface area (Å²) >= 11 is 5.99. The second kappa shape index (κ2) is 4.92. The molecular weight excluding hydrogens is 286 g/mol. The van der Waals surface area contributed by atoms with Crippen LogP contribution in [0.25, 0.3) is 0 Å². The maximum atomic E-state index is 12.5. The Morgan fingerprint density at radius 3 is 2.63 bits per heavy atom. The molecule has 19 heavy (non-hydrogen) atoms. The van der Waals surface area contributed by atoms with Crippen LogP contribution in [0.2, 0.25) is 5.02 Å². The van der Waals surface area contributed by atoms with Crippen LogP contribution in [-0.4, -0.2) is 37.8 Å². The van der Waals surface area contributed by atoms with Gasteiger partial charge >= 0.3 is 0 Å². The Hall–Kier alpha value is -0.850. The largest absolute Gasteiger partial charge is 0.372 e. The van der Waals surface area contributed by atoms with Crippen LogP contribution in [0.3, 0.4) is 0 Å². The van der Waals surface area contributed by atoms with Gasteiger partial charge < -0.3 is 5.32 Å². The molecule has 1 N–H and O–H groups in total. The zero-order valence-electron chi connectivity index (χ0n) is 11.3. The van der Waals surface area contributed by atoms with Crippen LogP contribution in [0.1, 0.15) is 20.3 Å². The van der Waals surface area contributed by atoms with E-state index in [9.17, 15) is 8.42 Å². The summed E-state index contributed by atoms with van der Waals surface area (Å²) in [4.78, 5) is 4.17. The highest BCUT2D eigenvalue weighted by atomic mass is 35.5. The van der Waals surface area contributed by atoms with Gasteiger partial charge in [0.15, 0.2) is 0 Å². The van der Waals surface area contributed by atoms with Crippen molar-refractivity contribution in [2.75, 3.05) is 25.5 Å². The molecule has 0 radical (unpaired) electrons. The van der Waals surface area contributed by atoms with Crippen molar-refractivity contribution in [1.29, 1.82) is 0 Å². The van der Waals surface area contributed by atoms with Crippen molar-refractivity contribution in [3.8, 4) is 0 Å². The first-order valence-electron chi connectivity index (χ1n) is 6.10. The molecule has 0 aromatic carbocycles. The van der Waals surface area contributed by atoms with E-state index in [4.69, 9.17) is 11.6 Å². The SMILES string of the molecule is CNc1ncc(S(=O)(=O)N2CCC(C)(C)C2)cc1Cl. The lowest BCUT2D eigenvalue weighted by Gasteiger charge is -2.19. The summed E-state index contributed by atoms with van der Waals surface area (Å²) in [7, 11) is -1.81. The third kappa shape index (κ3) is 2.85. The smallest absolute Gasteiger partial charge is 0.244 e. The molecule has 5 nitrogen and oxygen atoms in total. The first kappa shape index (κ1) is 14.6. The van der Waals surface area contributed by atoms with Crippen molar-refractivity contribution >= 4 is 27.4 Å². The van der Waals surface area contributed by atoms with Gasteiger partial charge in [-0.1, -0.05) is 25.4 Å². The number of sulfonamides is 1. The summed E-state index contributed by atoms with van der Waals surface area (Å²) < 4.78 is 26.5. The lowest BCUT2D eigenvalue weighted by Crippen LogP contribution is -2.30. The highest BCUT2D eigenvalue weighted by Crippen LogP contribution is 2.33. The van der Waals surface area contributed by atoms with Crippen LogP contribution in [0.15, 0.2) is 17.2 Å². The van der Waals surface area contributed by atoms with Crippen LogP contribution < -0.4 is 5.32 Å². The predicted octanol–water partition coefficient (Wildman–Crippen LogP) is 2.20. The summed E-state index contributed by atoms with van der Waals surface area (Å²) in [6.45, 7) is 5.21. The summed E-state index contributed by atoms with van der Waals surface area (Å²) in [6.07, 6.45) is 2.21. The molecule has 0 bridgehead atoms. The molecule has 0 saturated carbocycles. The van der Waals surface area contributed by atoms with Crippen molar-refractivity contribution in [3.63, 3.8) is 0 Å². The van der Waals surface area contributed by atoms with Gasteiger partial charge in [0.1, 0.15) is 10.7 Å². The van der Waals surface area contributed by atoms with E-state index in [-0.39, 0.29) is 10.3 Å². The summed E-state index contributed by atoms with van der Waals surface area (Å²) in [5.74, 6) is 0.474. The van der Waals surface area contributed by atoms with Crippen molar-refractivity contribution in [1.82, 2.24) is 9.29 Å². The molecule has 1 aromatic rings. The van der Waals surface area contributed by atoms with Gasteiger partial charge in [-0.2, -0.15) is 4.31 Å². The average Bonchev–Trinajstić information content (AvgIpc) is 2.70. The van der Waals surface area contributed by atoms with Gasteiger partial charge in [0.05, 0.1) is 5.02 Å². The fourth-order valence-electron chi connectivity index (χ4n) is 2.16. The monoisotopic (exact) mass is 303 g/mol. The van der Waals surface area contributed by atoms with E-state index in [0.717, 1.165) is 6.42 Å². The van der Waals surface area contributed by atoms with E-state index >= 15 is 0 Å². The van der Waals surface area contributed by atoms with Crippen molar-refractivity contribution in [3.05, 3.63) is 17.3 Å². The average molecular weight is 304 g/mol. The fraction of sp³-hybridized carbons (Fsp3) is 0.583. The zero-order chi connectivity index (χ0) is 14.3. The summed E-state index contributed by atoms with van der Waals surface area (Å²) in [5.41, 5.74) is 0.0230. The van der Waals surface area contributed by atoms with E-state index in [1.165, 1.54) is 16.6 Å². The molecule has 1 fully saturated rings. The molecule has 0 aliphatic carbocycles. The second-order valence-electron chi connectivity index (χ2n) is 5.50. The molecule has 1 aliphatic heterocycles. The molecule has 0 unspecified atom stereocenters. The molecule has 0 atom stereocenters. The van der Waals surface area contributed by atoms with Crippen LogP contribution in [0.4, 0.5) is 5.82 Å². The number of pyridine rings is 1. The van der Waals surface area contributed by atoms with Crippen molar-refractivity contribution in [2.24, 2.45) is 5.41 Å². The normalized spacial score (nSPS) is 19.6. The van der Waals surface area contributed by atoms with Crippen molar-refractivity contribution in [2.45, 2.75) is 25.2 Å². The standard InChI is InChI=1S/C12H18ClN3O2S/c1-12(2)4-5-16(8-12)19(17,18)9-6-10(13)11(14-3)15-7-9/h6-7H,4-5,8H2,1-3H3,(H,14,15). The zero-order valence-corrected chi connectivity index (χ0v) is 12.8. The first-order chi connectivity index (χ1) is 8.76. The quantitative estimate of drug-likeness (QED) is 0.930. The highest BCUT2D eigenvalue weighted by Gasteiger charge is 2.37. The molecule has 0 amide bonds. The van der Waals surface area contributed by atoms with E-state index < -0.39 is 10.0 Å². The maximum absolute atomic E-state index is 12.5. The highest BCUT2D eigenvalue weighted by molar-refractivity contribution is 7.89. The number of halogens is 1. The van der Waals surface area contributed by atoms with Crippen LogP contribution in [0, 0.1) is 5.41 Å². The van der Waals surface area contributed by atoms with Crippen LogP contribution in [-0.2, 0) is 10.0 Å². The van der Waals surface area contributed by atoms with Gasteiger partial charge in [-0.05, 0) is 17.9 Å². The van der Waals surface area contributed by atoms with Gasteiger partial charge in [-0.15, -0.1) is 0 Å². The van der Waals surface area contributed by atoms with E-state index in [2.05, 4.69) is 24.1 Å². The number of rotatable bonds is 3. The molecule has 106 valence electrons. The van der Waals surface area contributed by atoms with E-state index in [0.29, 0.717) is 23.9 Å². The van der Waals surface area contributed by atoms with Crippen molar-refractivity contribution < 1.29 is 8.42 Å². The minimum Gasteiger partial charge on any atom is -0.372 e. The Labute approximate surface area is 119 Å². The molecule has 2 rings (SSSR count). The van der Waals surface area contributed by atoms with Gasteiger partial charge in [0.25, 0.3) is 0 Å². The third-order valence-electron chi connectivity index (χ3n) is 3.33. The Balaban J connectivity index is 2.33. The van der Waals surface area contributed by atoms with Crippen LogP contribution in [0.5, 0.6) is 0 Å². The minimum absolute atomic E-state index is 0.0230. The number of aromatic nitrogens is 1. The number of hydrogen-bond acceptors (Lipinski definition) is 4. The second-order valence-corrected chi connectivity index (χ2v) is 7.85. The number of nitrogens with one attached hydrogen (secondary N) is 1. The van der Waals surface area contributed by atoms with Gasteiger partial charge in [-0.25, -0.2) is 13.4 Å². The minimum atomic E-state index is -3.50. The Morgan fingerprint density at radius 2 is 2.16 bits per heavy atom. The number of hydrogen-bond donors (Lipinski definition) is 1. The van der Waals surface area contributed by atoms with Gasteiger partial charge in [-0.3, -0.25) is 0 Å². The maximum Gasteiger partial charge on any atom is 0.244 e. The summed E-state index contributed by atoms with van der Waals surface area (Å²) in [5, 5.41) is 3.11. The number of nitrogens with zero attached hydrogens (tertiary/aromatic N) is 2. The van der Waals surface area contributed by atoms with Gasteiger partial charge in [0.2, 0.25) is 10.0 Å². The first-order valence-corrected chi connectivity index (χ1v) is 7.91. The van der Waals surface area contributed by atoms with E-state index in [1.54, 1.807) is 7.05 Å². The lowest BCUT2D eigenvalue weighted by atomic mass is 9.93. The van der Waals surface area contributed by atoms with E-state index in [1.807, 2.05) is 0 Å². The Bertz CT molecular complexity index is 587. The molecule has 7 heteroatoms. The third-order valence-corrected chi connectivity index (χ3v) is 5.43.